The lowest BCUT2D eigenvalue weighted by molar-refractivity contribution is -0.137. The van der Waals surface area contributed by atoms with E-state index in [1.165, 1.54) is 0 Å². The highest BCUT2D eigenvalue weighted by Crippen LogP contribution is 2.43. The van der Waals surface area contributed by atoms with E-state index in [4.69, 9.17) is 9.47 Å². The first kappa shape index (κ1) is 20.8. The summed E-state index contributed by atoms with van der Waals surface area (Å²) < 4.78 is 11.3. The number of thiol groups is 2. The molecule has 1 aliphatic rings. The molecule has 6 heteroatoms. The summed E-state index contributed by atoms with van der Waals surface area (Å²) in [5.74, 6) is -0.228. The minimum Gasteiger partial charge on any atom is -0.422 e. The largest absolute Gasteiger partial charge is 0.422 e. The van der Waals surface area contributed by atoms with E-state index in [-0.39, 0.29) is 23.4 Å². The number of rotatable bonds is 1. The zero-order chi connectivity index (χ0) is 19.9. The summed E-state index contributed by atoms with van der Waals surface area (Å²) in [4.78, 5) is 26.1. The van der Waals surface area contributed by atoms with Crippen molar-refractivity contribution < 1.29 is 19.1 Å². The van der Waals surface area contributed by atoms with Crippen LogP contribution in [0.25, 0.3) is 11.1 Å². The van der Waals surface area contributed by atoms with Crippen LogP contribution in [0.15, 0.2) is 46.2 Å². The first-order chi connectivity index (χ1) is 13.5. The maximum absolute atomic E-state index is 12.4. The lowest BCUT2D eigenvalue weighted by atomic mass is 10.0. The van der Waals surface area contributed by atoms with Gasteiger partial charge in [-0.25, -0.2) is 0 Å². The van der Waals surface area contributed by atoms with Crippen molar-refractivity contribution in [2.45, 2.75) is 61.2 Å². The van der Waals surface area contributed by atoms with Gasteiger partial charge in [0, 0.05) is 23.3 Å². The smallest absolute Gasteiger partial charge is 0.311 e. The highest BCUT2D eigenvalue weighted by atomic mass is 32.1. The van der Waals surface area contributed by atoms with Crippen LogP contribution in [0, 0.1) is 0 Å². The van der Waals surface area contributed by atoms with Crippen LogP contribution in [0.4, 0.5) is 0 Å². The monoisotopic (exact) mass is 416 g/mol. The average molecular weight is 417 g/mol. The van der Waals surface area contributed by atoms with Gasteiger partial charge in [0.2, 0.25) is 0 Å². The molecule has 0 radical (unpaired) electrons. The highest BCUT2D eigenvalue weighted by Gasteiger charge is 2.22. The van der Waals surface area contributed by atoms with Crippen molar-refractivity contribution in [2.75, 3.05) is 0 Å². The van der Waals surface area contributed by atoms with Crippen molar-refractivity contribution >= 4 is 37.2 Å². The molecule has 2 aromatic rings. The number of ether oxygens (including phenoxy) is 2. The standard InChI is InChI=1S/C22H24O4S2/c23-19-7-5-3-1-2-4-6-8-20(24)26-22-18(28)14-13-17(21(22)25-19)15-9-11-16(27)12-10-15/h9-14,27-28H,1-8H2. The highest BCUT2D eigenvalue weighted by molar-refractivity contribution is 7.80. The Kier molecular flexibility index (Phi) is 7.45. The summed E-state index contributed by atoms with van der Waals surface area (Å²) in [6.07, 6.45) is 6.32. The van der Waals surface area contributed by atoms with Gasteiger partial charge in [-0.05, 0) is 42.7 Å². The fourth-order valence-electron chi connectivity index (χ4n) is 3.20. The molecule has 0 amide bonds. The third kappa shape index (κ3) is 5.55. The maximum atomic E-state index is 12.4. The molecule has 0 N–H and O–H groups in total. The molecule has 0 aromatic heterocycles. The van der Waals surface area contributed by atoms with Gasteiger partial charge in [-0.2, -0.15) is 0 Å². The van der Waals surface area contributed by atoms with Crippen LogP contribution in [0.5, 0.6) is 11.5 Å². The van der Waals surface area contributed by atoms with E-state index in [1.807, 2.05) is 30.3 Å². The Labute approximate surface area is 176 Å². The van der Waals surface area contributed by atoms with Crippen molar-refractivity contribution in [1.82, 2.24) is 0 Å². The van der Waals surface area contributed by atoms with Crippen molar-refractivity contribution in [1.29, 1.82) is 0 Å². The van der Waals surface area contributed by atoms with Gasteiger partial charge >= 0.3 is 11.9 Å². The van der Waals surface area contributed by atoms with Crippen molar-refractivity contribution in [3.8, 4) is 22.6 Å². The van der Waals surface area contributed by atoms with Crippen LogP contribution in [-0.4, -0.2) is 11.9 Å². The Balaban J connectivity index is 2.02. The van der Waals surface area contributed by atoms with E-state index in [2.05, 4.69) is 25.3 Å². The number of carbonyl (C=O) groups excluding carboxylic acids is 2. The minimum absolute atomic E-state index is 0.200. The summed E-state index contributed by atoms with van der Waals surface area (Å²) in [7, 11) is 0. The number of carbonyl (C=O) groups is 2. The SMILES string of the molecule is O=C1CCCCCCCCC(=O)Oc2c(-c3ccc(S)cc3)ccc(S)c2O1. The van der Waals surface area contributed by atoms with Crippen LogP contribution in [0.1, 0.15) is 51.4 Å². The second kappa shape index (κ2) is 10.0. The molecule has 2 aromatic carbocycles. The number of hydrogen-bond acceptors (Lipinski definition) is 6. The van der Waals surface area contributed by atoms with E-state index in [0.29, 0.717) is 23.3 Å². The predicted octanol–water partition coefficient (Wildman–Crippen LogP) is 5.88. The minimum atomic E-state index is -0.340. The van der Waals surface area contributed by atoms with Crippen molar-refractivity contribution in [2.24, 2.45) is 0 Å². The fraction of sp³-hybridized carbons (Fsp3) is 0.364. The summed E-state index contributed by atoms with van der Waals surface area (Å²) in [5.41, 5.74) is 1.52. The molecule has 0 aliphatic carbocycles. The number of benzene rings is 2. The molecule has 4 nitrogen and oxygen atoms in total. The van der Waals surface area contributed by atoms with E-state index < -0.39 is 0 Å². The molecule has 1 aliphatic heterocycles. The van der Waals surface area contributed by atoms with Gasteiger partial charge in [0.1, 0.15) is 0 Å². The first-order valence-corrected chi connectivity index (χ1v) is 10.5. The van der Waals surface area contributed by atoms with E-state index in [1.54, 1.807) is 6.07 Å². The molecule has 0 unspecified atom stereocenters. The van der Waals surface area contributed by atoms with Crippen LogP contribution in [-0.2, 0) is 9.59 Å². The molecule has 1 heterocycles. The molecule has 0 saturated carbocycles. The second-order valence-corrected chi connectivity index (χ2v) is 7.91. The maximum Gasteiger partial charge on any atom is 0.311 e. The van der Waals surface area contributed by atoms with Gasteiger partial charge in [0.05, 0.1) is 4.90 Å². The predicted molar refractivity (Wildman–Crippen MR) is 115 cm³/mol. The third-order valence-electron chi connectivity index (χ3n) is 4.71. The van der Waals surface area contributed by atoms with E-state index in [0.717, 1.165) is 49.0 Å². The zero-order valence-electron chi connectivity index (χ0n) is 15.6. The Bertz CT molecular complexity index is 846. The molecular formula is C22H24O4S2. The summed E-state index contributed by atoms with van der Waals surface area (Å²) in [6.45, 7) is 0. The molecule has 0 spiro atoms. The molecule has 0 saturated heterocycles. The van der Waals surface area contributed by atoms with Crippen molar-refractivity contribution in [3.05, 3.63) is 36.4 Å². The van der Waals surface area contributed by atoms with Gasteiger partial charge in [0.15, 0.2) is 11.5 Å². The summed E-state index contributed by atoms with van der Waals surface area (Å²) in [6, 6.07) is 11.1. The molecule has 28 heavy (non-hydrogen) atoms. The van der Waals surface area contributed by atoms with Crippen LogP contribution in [0.3, 0.4) is 0 Å². The number of esters is 2. The molecule has 0 fully saturated rings. The Morgan fingerprint density at radius 2 is 1.18 bits per heavy atom. The van der Waals surface area contributed by atoms with Crippen LogP contribution in [0.2, 0.25) is 0 Å². The third-order valence-corrected chi connectivity index (χ3v) is 5.36. The average Bonchev–Trinajstić information content (AvgIpc) is 2.67. The van der Waals surface area contributed by atoms with Gasteiger partial charge < -0.3 is 9.47 Å². The molecule has 0 atom stereocenters. The topological polar surface area (TPSA) is 52.6 Å². The van der Waals surface area contributed by atoms with Crippen molar-refractivity contribution in [3.63, 3.8) is 0 Å². The first-order valence-electron chi connectivity index (χ1n) is 9.61. The Morgan fingerprint density at radius 3 is 1.79 bits per heavy atom. The van der Waals surface area contributed by atoms with Gasteiger partial charge in [-0.15, -0.1) is 25.3 Å². The summed E-state index contributed by atoms with van der Waals surface area (Å²) >= 11 is 8.75. The number of fused-ring (bicyclic) bond motifs is 1. The van der Waals surface area contributed by atoms with Crippen LogP contribution >= 0.6 is 25.3 Å². The fourth-order valence-corrected chi connectivity index (χ4v) is 3.57. The van der Waals surface area contributed by atoms with Gasteiger partial charge in [-0.1, -0.05) is 37.8 Å². The van der Waals surface area contributed by atoms with E-state index in [9.17, 15) is 9.59 Å². The number of hydrogen-bond donors (Lipinski definition) is 2. The Hall–Kier alpha value is -1.92. The van der Waals surface area contributed by atoms with E-state index >= 15 is 0 Å². The summed E-state index contributed by atoms with van der Waals surface area (Å²) in [5, 5.41) is 0. The zero-order valence-corrected chi connectivity index (χ0v) is 17.4. The lowest BCUT2D eigenvalue weighted by Gasteiger charge is -2.17. The van der Waals surface area contributed by atoms with Gasteiger partial charge in [0.25, 0.3) is 0 Å². The van der Waals surface area contributed by atoms with Crippen LogP contribution < -0.4 is 9.47 Å². The molecule has 0 bridgehead atoms. The lowest BCUT2D eigenvalue weighted by Crippen LogP contribution is -2.13. The molecular weight excluding hydrogens is 392 g/mol. The second-order valence-electron chi connectivity index (χ2n) is 6.91. The molecule has 148 valence electrons. The van der Waals surface area contributed by atoms with Gasteiger partial charge in [-0.3, -0.25) is 9.59 Å². The Morgan fingerprint density at radius 1 is 0.643 bits per heavy atom. The quantitative estimate of drug-likeness (QED) is 0.346. The molecule has 3 rings (SSSR count). The normalized spacial score (nSPS) is 16.5.